The quantitative estimate of drug-likeness (QED) is 0.668. The van der Waals surface area contributed by atoms with Crippen molar-refractivity contribution in [1.82, 2.24) is 24.5 Å². The van der Waals surface area contributed by atoms with Crippen molar-refractivity contribution in [3.8, 4) is 0 Å². The van der Waals surface area contributed by atoms with E-state index in [1.165, 1.54) is 13.1 Å². The molecule has 0 aliphatic carbocycles. The van der Waals surface area contributed by atoms with Crippen LogP contribution in [-0.4, -0.2) is 50.7 Å². The molecule has 9 heteroatoms. The van der Waals surface area contributed by atoms with Crippen molar-refractivity contribution in [2.45, 2.75) is 0 Å². The van der Waals surface area contributed by atoms with E-state index in [0.29, 0.717) is 18.9 Å². The highest BCUT2D eigenvalue weighted by Gasteiger charge is 2.21. The number of H-pyrrole nitrogens is 2. The highest BCUT2D eigenvalue weighted by Crippen LogP contribution is 2.23. The molecule has 4 rings (SSSR count). The summed E-state index contributed by atoms with van der Waals surface area (Å²) in [5, 5.41) is 0.993. The molecule has 1 aliphatic heterocycles. The van der Waals surface area contributed by atoms with Crippen molar-refractivity contribution in [1.29, 1.82) is 0 Å². The summed E-state index contributed by atoms with van der Waals surface area (Å²) < 4.78 is 1.06. The molecule has 1 aliphatic rings. The van der Waals surface area contributed by atoms with Gasteiger partial charge in [-0.05, 0) is 6.07 Å². The summed E-state index contributed by atoms with van der Waals surface area (Å²) in [6.45, 7) is 2.88. The van der Waals surface area contributed by atoms with Gasteiger partial charge in [0.1, 0.15) is 23.6 Å². The zero-order chi connectivity index (χ0) is 16.7. The summed E-state index contributed by atoms with van der Waals surface area (Å²) in [5.41, 5.74) is 0.115. The zero-order valence-electron chi connectivity index (χ0n) is 13.2. The van der Waals surface area contributed by atoms with E-state index in [2.05, 4.69) is 24.8 Å². The maximum atomic E-state index is 11.8. The number of rotatable bonds is 2. The average molecular weight is 327 g/mol. The molecule has 0 atom stereocenters. The van der Waals surface area contributed by atoms with Crippen LogP contribution < -0.4 is 21.0 Å². The second kappa shape index (κ2) is 5.52. The Balaban J connectivity index is 1.56. The van der Waals surface area contributed by atoms with Crippen LogP contribution in [-0.2, 0) is 7.05 Å². The van der Waals surface area contributed by atoms with Crippen LogP contribution in [0, 0.1) is 0 Å². The predicted octanol–water partition coefficient (Wildman–Crippen LogP) is -0.328. The molecule has 1 fully saturated rings. The maximum Gasteiger partial charge on any atom is 0.329 e. The lowest BCUT2D eigenvalue weighted by atomic mass is 10.2. The van der Waals surface area contributed by atoms with Gasteiger partial charge in [-0.3, -0.25) is 14.3 Å². The molecule has 0 saturated carbocycles. The minimum absolute atomic E-state index is 0.305. The number of piperazine rings is 1. The minimum atomic E-state index is -0.398. The molecule has 0 unspecified atom stereocenters. The van der Waals surface area contributed by atoms with Gasteiger partial charge in [0.05, 0.1) is 5.39 Å². The fraction of sp³-hybridized carbons (Fsp3) is 0.333. The molecule has 0 aromatic carbocycles. The van der Waals surface area contributed by atoms with E-state index in [9.17, 15) is 9.59 Å². The van der Waals surface area contributed by atoms with Crippen LogP contribution in [0.1, 0.15) is 0 Å². The number of nitrogens with one attached hydrogen (secondary N) is 2. The van der Waals surface area contributed by atoms with Gasteiger partial charge in [-0.25, -0.2) is 14.8 Å². The monoisotopic (exact) mass is 327 g/mol. The number of nitrogens with zero attached hydrogens (tertiary/aromatic N) is 5. The van der Waals surface area contributed by atoms with Crippen LogP contribution >= 0.6 is 0 Å². The van der Waals surface area contributed by atoms with Crippen LogP contribution in [0.25, 0.3) is 11.0 Å². The van der Waals surface area contributed by atoms with Gasteiger partial charge in [-0.1, -0.05) is 0 Å². The molecule has 0 radical (unpaired) electrons. The van der Waals surface area contributed by atoms with E-state index >= 15 is 0 Å². The first-order valence-corrected chi connectivity index (χ1v) is 7.72. The number of aromatic amines is 2. The highest BCUT2D eigenvalue weighted by molar-refractivity contribution is 5.87. The van der Waals surface area contributed by atoms with Crippen molar-refractivity contribution in [3.63, 3.8) is 0 Å². The van der Waals surface area contributed by atoms with Crippen LogP contribution in [0.15, 0.2) is 34.2 Å². The van der Waals surface area contributed by atoms with Gasteiger partial charge in [0.2, 0.25) is 0 Å². The molecule has 0 bridgehead atoms. The van der Waals surface area contributed by atoms with Gasteiger partial charge in [0.25, 0.3) is 5.56 Å². The van der Waals surface area contributed by atoms with Crippen molar-refractivity contribution in [2.75, 3.05) is 36.0 Å². The average Bonchev–Trinajstić information content (AvgIpc) is 3.08. The third kappa shape index (κ3) is 2.34. The van der Waals surface area contributed by atoms with E-state index in [0.717, 1.165) is 34.5 Å². The third-order valence-corrected chi connectivity index (χ3v) is 4.38. The van der Waals surface area contributed by atoms with Crippen LogP contribution in [0.2, 0.25) is 0 Å². The van der Waals surface area contributed by atoms with E-state index in [-0.39, 0.29) is 5.56 Å². The number of fused-ring (bicyclic) bond motifs is 1. The first-order valence-electron chi connectivity index (χ1n) is 7.72. The van der Waals surface area contributed by atoms with Crippen molar-refractivity contribution in [2.24, 2.45) is 7.05 Å². The Hall–Kier alpha value is -3.10. The molecule has 4 heterocycles. The van der Waals surface area contributed by atoms with Crippen LogP contribution in [0.3, 0.4) is 0 Å². The Morgan fingerprint density at radius 1 is 1.08 bits per heavy atom. The Morgan fingerprint density at radius 3 is 2.58 bits per heavy atom. The molecule has 9 nitrogen and oxygen atoms in total. The molecule has 24 heavy (non-hydrogen) atoms. The second-order valence-corrected chi connectivity index (χ2v) is 5.77. The normalized spacial score (nSPS) is 15.2. The number of aromatic nitrogens is 5. The lowest BCUT2D eigenvalue weighted by molar-refractivity contribution is 0.636. The summed E-state index contributed by atoms with van der Waals surface area (Å²) in [5.74, 6) is 1.47. The molecule has 3 aromatic heterocycles. The number of hydrogen-bond donors (Lipinski definition) is 2. The fourth-order valence-corrected chi connectivity index (χ4v) is 2.98. The Labute approximate surface area is 136 Å². The smallest absolute Gasteiger partial charge is 0.329 e. The maximum absolute atomic E-state index is 11.8. The second-order valence-electron chi connectivity index (χ2n) is 5.77. The molecule has 3 aromatic rings. The topological polar surface area (TPSA) is 103 Å². The van der Waals surface area contributed by atoms with Crippen LogP contribution in [0.4, 0.5) is 11.6 Å². The SMILES string of the molecule is Cn1c(=O)cc(N2CCN(c3ncnc4[nH]ccc34)CC2)[nH]c1=O. The van der Waals surface area contributed by atoms with Gasteiger partial charge in [0.15, 0.2) is 0 Å². The van der Waals surface area contributed by atoms with E-state index in [1.54, 1.807) is 6.33 Å². The zero-order valence-corrected chi connectivity index (χ0v) is 13.2. The fourth-order valence-electron chi connectivity index (χ4n) is 2.98. The molecule has 0 spiro atoms. The van der Waals surface area contributed by atoms with Crippen LogP contribution in [0.5, 0.6) is 0 Å². The molecule has 1 saturated heterocycles. The Morgan fingerprint density at radius 2 is 1.83 bits per heavy atom. The summed E-state index contributed by atoms with van der Waals surface area (Å²) >= 11 is 0. The molecular weight excluding hydrogens is 310 g/mol. The lowest BCUT2D eigenvalue weighted by Crippen LogP contribution is -2.48. The standard InChI is InChI=1S/C15H17N7O2/c1-20-12(23)8-11(19-15(20)24)21-4-6-22(7-5-21)14-10-2-3-16-13(10)17-9-18-14/h2-3,8-9H,4-7H2,1H3,(H,19,24)(H,16,17,18). The Kier molecular flexibility index (Phi) is 3.33. The summed E-state index contributed by atoms with van der Waals surface area (Å²) in [6.07, 6.45) is 3.41. The van der Waals surface area contributed by atoms with Crippen molar-refractivity contribution >= 4 is 22.7 Å². The Bertz CT molecular complexity index is 963. The summed E-state index contributed by atoms with van der Waals surface area (Å²) in [4.78, 5) is 42.2. The molecule has 124 valence electrons. The van der Waals surface area contributed by atoms with Gasteiger partial charge in [0, 0.05) is 45.5 Å². The molecule has 0 amide bonds. The predicted molar refractivity (Wildman–Crippen MR) is 90.6 cm³/mol. The minimum Gasteiger partial charge on any atom is -0.354 e. The first kappa shape index (κ1) is 14.5. The van der Waals surface area contributed by atoms with Crippen molar-refractivity contribution < 1.29 is 0 Å². The van der Waals surface area contributed by atoms with E-state index < -0.39 is 5.69 Å². The molecule has 2 N–H and O–H groups in total. The lowest BCUT2D eigenvalue weighted by Gasteiger charge is -2.36. The first-order chi connectivity index (χ1) is 11.6. The molecular formula is C15H17N7O2. The third-order valence-electron chi connectivity index (χ3n) is 4.38. The van der Waals surface area contributed by atoms with E-state index in [1.807, 2.05) is 17.2 Å². The van der Waals surface area contributed by atoms with E-state index in [4.69, 9.17) is 0 Å². The van der Waals surface area contributed by atoms with Gasteiger partial charge >= 0.3 is 5.69 Å². The summed E-state index contributed by atoms with van der Waals surface area (Å²) in [6, 6.07) is 3.43. The largest absolute Gasteiger partial charge is 0.354 e. The highest BCUT2D eigenvalue weighted by atomic mass is 16.2. The van der Waals surface area contributed by atoms with Gasteiger partial charge in [-0.15, -0.1) is 0 Å². The number of anilines is 2. The van der Waals surface area contributed by atoms with Crippen molar-refractivity contribution in [3.05, 3.63) is 45.5 Å². The number of hydrogen-bond acceptors (Lipinski definition) is 6. The van der Waals surface area contributed by atoms with Gasteiger partial charge in [-0.2, -0.15) is 0 Å². The summed E-state index contributed by atoms with van der Waals surface area (Å²) in [7, 11) is 1.46. The van der Waals surface area contributed by atoms with Gasteiger partial charge < -0.3 is 14.8 Å².